The van der Waals surface area contributed by atoms with Crippen LogP contribution >= 0.6 is 15.9 Å². The zero-order chi connectivity index (χ0) is 18.9. The molecule has 144 valence electrons. The Labute approximate surface area is 164 Å². The molecule has 2 aliphatic heterocycles. The molecule has 0 radical (unpaired) electrons. The highest BCUT2D eigenvalue weighted by Gasteiger charge is 2.25. The SMILES string of the molecule is CCO.C\C1=C(Br)/C(OC2=CNCC=C2)=C\C=C(/C)N(CC2CC2)NN1. The van der Waals surface area contributed by atoms with Crippen molar-refractivity contribution in [1.82, 2.24) is 21.3 Å². The molecule has 0 atom stereocenters. The summed E-state index contributed by atoms with van der Waals surface area (Å²) >= 11 is 3.63. The summed E-state index contributed by atoms with van der Waals surface area (Å²) in [5, 5.41) is 12.9. The normalized spacial score (nSPS) is 27.0. The van der Waals surface area contributed by atoms with Gasteiger partial charge < -0.3 is 20.6 Å². The van der Waals surface area contributed by atoms with E-state index in [0.717, 1.165) is 46.4 Å². The zero-order valence-electron chi connectivity index (χ0n) is 15.7. The van der Waals surface area contributed by atoms with Gasteiger partial charge in [-0.05, 0) is 73.7 Å². The van der Waals surface area contributed by atoms with Crippen LogP contribution in [0.5, 0.6) is 0 Å². The minimum absolute atomic E-state index is 0.250. The molecule has 7 heteroatoms. The number of aliphatic hydroxyl groups is 1. The highest BCUT2D eigenvalue weighted by atomic mass is 79.9. The van der Waals surface area contributed by atoms with Gasteiger partial charge in [-0.25, -0.2) is 0 Å². The number of ether oxygens (including phenoxy) is 1. The number of aliphatic hydroxyl groups excluding tert-OH is 1. The van der Waals surface area contributed by atoms with Crippen molar-refractivity contribution in [2.75, 3.05) is 19.7 Å². The Kier molecular flexibility index (Phi) is 8.28. The summed E-state index contributed by atoms with van der Waals surface area (Å²) in [6.07, 6.45) is 12.6. The van der Waals surface area contributed by atoms with E-state index in [1.165, 1.54) is 12.8 Å². The molecule has 1 saturated carbocycles. The molecule has 0 spiro atoms. The molecule has 3 aliphatic rings. The molecule has 0 amide bonds. The van der Waals surface area contributed by atoms with Gasteiger partial charge in [0.1, 0.15) is 11.5 Å². The van der Waals surface area contributed by atoms with Crippen molar-refractivity contribution < 1.29 is 9.84 Å². The Bertz CT molecular complexity index is 633. The maximum absolute atomic E-state index is 7.57. The van der Waals surface area contributed by atoms with Crippen LogP contribution in [-0.2, 0) is 4.74 Å². The molecule has 0 aromatic rings. The molecule has 1 fully saturated rings. The summed E-state index contributed by atoms with van der Waals surface area (Å²) in [5.41, 5.74) is 8.64. The van der Waals surface area contributed by atoms with Crippen LogP contribution in [0, 0.1) is 5.92 Å². The minimum atomic E-state index is 0.250. The highest BCUT2D eigenvalue weighted by Crippen LogP contribution is 2.31. The van der Waals surface area contributed by atoms with Crippen LogP contribution < -0.4 is 16.3 Å². The minimum Gasteiger partial charge on any atom is -0.455 e. The first-order valence-corrected chi connectivity index (χ1v) is 9.77. The number of dihydropyridines is 1. The summed E-state index contributed by atoms with van der Waals surface area (Å²) in [4.78, 5) is 0. The van der Waals surface area contributed by atoms with Crippen LogP contribution in [0.15, 0.2) is 57.9 Å². The Balaban J connectivity index is 0.000000758. The van der Waals surface area contributed by atoms with Crippen molar-refractivity contribution in [1.29, 1.82) is 0 Å². The molecule has 26 heavy (non-hydrogen) atoms. The fraction of sp³-hybridized carbons (Fsp3) is 0.474. The first-order valence-electron chi connectivity index (χ1n) is 8.98. The van der Waals surface area contributed by atoms with Crippen LogP contribution in [0.25, 0.3) is 0 Å². The number of allylic oxidation sites excluding steroid dienone is 6. The van der Waals surface area contributed by atoms with Gasteiger partial charge in [0.15, 0.2) is 0 Å². The van der Waals surface area contributed by atoms with E-state index in [0.29, 0.717) is 0 Å². The molecule has 6 nitrogen and oxygen atoms in total. The number of halogens is 1. The molecule has 0 bridgehead atoms. The van der Waals surface area contributed by atoms with Gasteiger partial charge in [0, 0.05) is 37.3 Å². The van der Waals surface area contributed by atoms with E-state index in [2.05, 4.69) is 50.2 Å². The quantitative estimate of drug-likeness (QED) is 0.555. The van der Waals surface area contributed by atoms with E-state index >= 15 is 0 Å². The van der Waals surface area contributed by atoms with Crippen molar-refractivity contribution in [2.45, 2.75) is 33.6 Å². The molecular formula is C19H29BrN4O2. The standard InChI is InChI=1S/C17H23BrN4O.C2H6O/c1-12-5-8-16(23-15-4-3-9-19-10-15)17(18)13(2)20-21-22(12)11-14-6-7-14;1-2-3/h3-5,8,10,14,19-21H,6-7,9,11H2,1-2H3;3H,2H2,1H3/b12-5+,16-8+,17-13-;. The van der Waals surface area contributed by atoms with Crippen molar-refractivity contribution in [3.63, 3.8) is 0 Å². The van der Waals surface area contributed by atoms with Crippen molar-refractivity contribution in [3.05, 3.63) is 57.9 Å². The first kappa shape index (κ1) is 20.6. The lowest BCUT2D eigenvalue weighted by Crippen LogP contribution is -2.46. The van der Waals surface area contributed by atoms with E-state index in [-0.39, 0.29) is 6.61 Å². The second kappa shape index (κ2) is 10.4. The van der Waals surface area contributed by atoms with E-state index in [1.807, 2.05) is 31.4 Å². The van der Waals surface area contributed by atoms with Gasteiger partial charge in [-0.2, -0.15) is 0 Å². The summed E-state index contributed by atoms with van der Waals surface area (Å²) in [7, 11) is 0. The van der Waals surface area contributed by atoms with Crippen LogP contribution in [0.3, 0.4) is 0 Å². The summed E-state index contributed by atoms with van der Waals surface area (Å²) in [6.45, 7) is 7.89. The van der Waals surface area contributed by atoms with Gasteiger partial charge in [0.05, 0.1) is 4.48 Å². The number of hydrogen-bond donors (Lipinski definition) is 4. The van der Waals surface area contributed by atoms with E-state index in [1.54, 1.807) is 6.92 Å². The molecule has 0 unspecified atom stereocenters. The molecule has 3 rings (SSSR count). The lowest BCUT2D eigenvalue weighted by Gasteiger charge is -2.26. The predicted molar refractivity (Wildman–Crippen MR) is 108 cm³/mol. The van der Waals surface area contributed by atoms with Crippen molar-refractivity contribution >= 4 is 15.9 Å². The zero-order valence-corrected chi connectivity index (χ0v) is 17.3. The van der Waals surface area contributed by atoms with Gasteiger partial charge in [-0.3, -0.25) is 5.01 Å². The van der Waals surface area contributed by atoms with Crippen LogP contribution in [0.4, 0.5) is 0 Å². The summed E-state index contributed by atoms with van der Waals surface area (Å²) in [6, 6.07) is 0. The topological polar surface area (TPSA) is 68.8 Å². The van der Waals surface area contributed by atoms with Gasteiger partial charge in [-0.1, -0.05) is 6.08 Å². The predicted octanol–water partition coefficient (Wildman–Crippen LogP) is 3.15. The lowest BCUT2D eigenvalue weighted by molar-refractivity contribution is 0.207. The maximum Gasteiger partial charge on any atom is 0.143 e. The largest absolute Gasteiger partial charge is 0.455 e. The Morgan fingerprint density at radius 1 is 1.31 bits per heavy atom. The number of rotatable bonds is 4. The van der Waals surface area contributed by atoms with E-state index in [9.17, 15) is 0 Å². The summed E-state index contributed by atoms with van der Waals surface area (Å²) in [5.74, 6) is 2.36. The van der Waals surface area contributed by atoms with Crippen molar-refractivity contribution in [3.8, 4) is 0 Å². The van der Waals surface area contributed by atoms with Crippen LogP contribution in [0.2, 0.25) is 0 Å². The van der Waals surface area contributed by atoms with Gasteiger partial charge in [-0.15, -0.1) is 5.53 Å². The average molecular weight is 425 g/mol. The monoisotopic (exact) mass is 424 g/mol. The Morgan fingerprint density at radius 3 is 2.65 bits per heavy atom. The molecule has 0 saturated heterocycles. The molecule has 0 aromatic carbocycles. The third kappa shape index (κ3) is 6.55. The number of nitrogens with zero attached hydrogens (tertiary/aromatic N) is 1. The number of nitrogens with one attached hydrogen (secondary N) is 3. The molecular weight excluding hydrogens is 396 g/mol. The number of hydrazine groups is 2. The molecule has 1 aliphatic carbocycles. The van der Waals surface area contributed by atoms with Gasteiger partial charge >= 0.3 is 0 Å². The summed E-state index contributed by atoms with van der Waals surface area (Å²) < 4.78 is 6.91. The van der Waals surface area contributed by atoms with Gasteiger partial charge in [0.25, 0.3) is 0 Å². The molecule has 0 aromatic heterocycles. The Hall–Kier alpha value is -1.70. The molecule has 4 N–H and O–H groups in total. The first-order chi connectivity index (χ1) is 12.5. The van der Waals surface area contributed by atoms with Crippen LogP contribution in [0.1, 0.15) is 33.6 Å². The highest BCUT2D eigenvalue weighted by molar-refractivity contribution is 9.12. The average Bonchev–Trinajstić information content (AvgIpc) is 3.45. The van der Waals surface area contributed by atoms with Crippen LogP contribution in [-0.4, -0.2) is 29.8 Å². The molecule has 2 heterocycles. The third-order valence-electron chi connectivity index (χ3n) is 3.95. The van der Waals surface area contributed by atoms with E-state index in [4.69, 9.17) is 9.84 Å². The Morgan fingerprint density at radius 2 is 2.04 bits per heavy atom. The fourth-order valence-corrected chi connectivity index (χ4v) is 2.62. The smallest absolute Gasteiger partial charge is 0.143 e. The number of hydrogen-bond acceptors (Lipinski definition) is 6. The maximum atomic E-state index is 7.57. The second-order valence-electron chi connectivity index (χ2n) is 6.34. The van der Waals surface area contributed by atoms with Crippen molar-refractivity contribution in [2.24, 2.45) is 5.92 Å². The van der Waals surface area contributed by atoms with Gasteiger partial charge in [0.2, 0.25) is 0 Å². The van der Waals surface area contributed by atoms with E-state index < -0.39 is 0 Å². The lowest BCUT2D eigenvalue weighted by atomic mass is 10.3. The second-order valence-corrected chi connectivity index (χ2v) is 7.14. The third-order valence-corrected chi connectivity index (χ3v) is 4.94. The fourth-order valence-electron chi connectivity index (χ4n) is 2.31.